The molecule has 1 aliphatic rings. The average Bonchev–Trinajstić information content (AvgIpc) is 3.29. The van der Waals surface area contributed by atoms with Crippen LogP contribution in [0.25, 0.3) is 11.0 Å². The van der Waals surface area contributed by atoms with Crippen molar-refractivity contribution in [3.8, 4) is 5.75 Å². The van der Waals surface area contributed by atoms with Crippen LogP contribution in [-0.4, -0.2) is 82.1 Å². The van der Waals surface area contributed by atoms with Gasteiger partial charge in [0.1, 0.15) is 17.1 Å². The molecule has 4 rings (SSSR count). The van der Waals surface area contributed by atoms with E-state index in [9.17, 15) is 9.90 Å². The summed E-state index contributed by atoms with van der Waals surface area (Å²) in [5.41, 5.74) is 13.7. The molecule has 1 aliphatic heterocycles. The van der Waals surface area contributed by atoms with Crippen LogP contribution in [0.4, 0.5) is 16.2 Å². The van der Waals surface area contributed by atoms with Crippen LogP contribution in [0.15, 0.2) is 18.3 Å². The van der Waals surface area contributed by atoms with Gasteiger partial charge in [0, 0.05) is 13.1 Å². The van der Waals surface area contributed by atoms with Crippen LogP contribution in [0.5, 0.6) is 5.75 Å². The highest BCUT2D eigenvalue weighted by Crippen LogP contribution is 2.34. The van der Waals surface area contributed by atoms with Crippen molar-refractivity contribution in [1.29, 1.82) is 0 Å². The van der Waals surface area contributed by atoms with Crippen LogP contribution in [-0.2, 0) is 11.3 Å². The molecule has 1 amide bonds. The lowest BCUT2D eigenvalue weighted by Gasteiger charge is -2.31. The van der Waals surface area contributed by atoms with Gasteiger partial charge in [-0.3, -0.25) is 14.4 Å². The van der Waals surface area contributed by atoms with E-state index in [1.54, 1.807) is 16.9 Å². The number of halogens is 1. The highest BCUT2D eigenvalue weighted by molar-refractivity contribution is 5.86. The Morgan fingerprint density at radius 3 is 2.68 bits per heavy atom. The number of nitrogens with zero attached hydrogens (tertiary/aromatic N) is 6. The summed E-state index contributed by atoms with van der Waals surface area (Å²) in [5.74, 6) is 0.588. The summed E-state index contributed by atoms with van der Waals surface area (Å²) in [6, 6.07) is 3.47. The second-order valence-corrected chi connectivity index (χ2v) is 9.73. The molecule has 12 heteroatoms. The maximum Gasteiger partial charge on any atom is 0.231 e. The summed E-state index contributed by atoms with van der Waals surface area (Å²) < 4.78 is 22.7. The number of anilines is 2. The standard InChI is InChI=1S/C26H37FN8O3/c1-3-4-7-34(10-11-36)25-24-21(30-26(29)31-25)15-35(32-24)14-19-20(27)12-18(13-22(19)38-2)17-5-8-33(9-6-17)16-23(28)37/h12-13,15,17,36H,3-11,14,16H2,1-2H3,(H2,28,37)(H2,29,30). The zero-order valence-electron chi connectivity index (χ0n) is 22.1. The minimum Gasteiger partial charge on any atom is -0.496 e. The number of fused-ring (bicyclic) bond motifs is 1. The van der Waals surface area contributed by atoms with Crippen LogP contribution in [0.3, 0.4) is 0 Å². The third-order valence-electron chi connectivity index (χ3n) is 7.02. The molecule has 2 aromatic heterocycles. The molecule has 3 heterocycles. The third-order valence-corrected chi connectivity index (χ3v) is 7.02. The lowest BCUT2D eigenvalue weighted by Crippen LogP contribution is -2.39. The van der Waals surface area contributed by atoms with Crippen LogP contribution in [0.1, 0.15) is 49.7 Å². The van der Waals surface area contributed by atoms with E-state index in [1.807, 2.05) is 15.9 Å². The van der Waals surface area contributed by atoms with Gasteiger partial charge in [-0.2, -0.15) is 10.1 Å². The Bertz CT molecular complexity index is 1260. The first-order chi connectivity index (χ1) is 18.3. The normalized spacial score (nSPS) is 14.7. The molecule has 1 saturated heterocycles. The van der Waals surface area contributed by atoms with Gasteiger partial charge in [0.25, 0.3) is 0 Å². The first-order valence-corrected chi connectivity index (χ1v) is 13.1. The minimum absolute atomic E-state index is 0.0330. The summed E-state index contributed by atoms with van der Waals surface area (Å²) in [6.45, 7) is 5.00. The molecule has 0 unspecified atom stereocenters. The summed E-state index contributed by atoms with van der Waals surface area (Å²) in [5, 5.41) is 14.2. The number of hydrogen-bond acceptors (Lipinski definition) is 9. The fraction of sp³-hybridized carbons (Fsp3) is 0.538. The van der Waals surface area contributed by atoms with Crippen molar-refractivity contribution in [3.05, 3.63) is 35.3 Å². The molecule has 0 atom stereocenters. The summed E-state index contributed by atoms with van der Waals surface area (Å²) in [4.78, 5) is 23.9. The van der Waals surface area contributed by atoms with Crippen LogP contribution in [0.2, 0.25) is 0 Å². The number of likely N-dealkylation sites (tertiary alicyclic amines) is 1. The molecular weight excluding hydrogens is 491 g/mol. The second kappa shape index (κ2) is 12.4. The van der Waals surface area contributed by atoms with Crippen molar-refractivity contribution in [2.24, 2.45) is 5.73 Å². The van der Waals surface area contributed by atoms with Gasteiger partial charge in [-0.1, -0.05) is 13.3 Å². The van der Waals surface area contributed by atoms with Gasteiger partial charge in [0.15, 0.2) is 11.3 Å². The fourth-order valence-electron chi connectivity index (χ4n) is 5.07. The number of primary amides is 1. The van der Waals surface area contributed by atoms with Crippen molar-refractivity contribution >= 4 is 28.7 Å². The molecule has 0 spiro atoms. The predicted molar refractivity (Wildman–Crippen MR) is 144 cm³/mol. The van der Waals surface area contributed by atoms with Crippen molar-refractivity contribution < 1.29 is 19.0 Å². The number of aromatic nitrogens is 4. The Kier molecular flexibility index (Phi) is 8.95. The summed E-state index contributed by atoms with van der Waals surface area (Å²) >= 11 is 0. The van der Waals surface area contributed by atoms with E-state index >= 15 is 4.39 Å². The van der Waals surface area contributed by atoms with Gasteiger partial charge in [0.2, 0.25) is 11.9 Å². The van der Waals surface area contributed by atoms with E-state index in [1.165, 1.54) is 7.11 Å². The van der Waals surface area contributed by atoms with Crippen molar-refractivity contribution in [2.75, 3.05) is 57.1 Å². The van der Waals surface area contributed by atoms with E-state index in [0.29, 0.717) is 41.3 Å². The number of methoxy groups -OCH3 is 1. The molecule has 5 N–H and O–H groups in total. The number of ether oxygens (including phenoxy) is 1. The molecule has 0 bridgehead atoms. The Hall–Kier alpha value is -3.51. The smallest absolute Gasteiger partial charge is 0.231 e. The largest absolute Gasteiger partial charge is 0.496 e. The number of carbonyl (C=O) groups is 1. The number of nitrogens with two attached hydrogens (primary N) is 2. The fourth-order valence-corrected chi connectivity index (χ4v) is 5.07. The number of aliphatic hydroxyl groups excluding tert-OH is 1. The zero-order chi connectivity index (χ0) is 27.2. The van der Waals surface area contributed by atoms with E-state index in [0.717, 1.165) is 44.3 Å². The number of unbranched alkanes of at least 4 members (excludes halogenated alkanes) is 1. The van der Waals surface area contributed by atoms with Gasteiger partial charge >= 0.3 is 0 Å². The number of piperidine rings is 1. The van der Waals surface area contributed by atoms with Crippen molar-refractivity contribution in [1.82, 2.24) is 24.6 Å². The number of aliphatic hydroxyl groups is 1. The average molecular weight is 529 g/mol. The van der Waals surface area contributed by atoms with Gasteiger partial charge in [-0.15, -0.1) is 0 Å². The summed E-state index contributed by atoms with van der Waals surface area (Å²) in [7, 11) is 1.53. The molecule has 206 valence electrons. The zero-order valence-corrected chi connectivity index (χ0v) is 22.1. The SMILES string of the molecule is CCCCN(CCO)c1nc(N)nc2cn(Cc3c(F)cc(C4CCN(CC(N)=O)CC4)cc3OC)nc12. The lowest BCUT2D eigenvalue weighted by molar-refractivity contribution is -0.119. The molecule has 0 radical (unpaired) electrons. The molecule has 38 heavy (non-hydrogen) atoms. The number of benzene rings is 1. The van der Waals surface area contributed by atoms with Crippen LogP contribution < -0.4 is 21.1 Å². The number of carbonyl (C=O) groups excluding carboxylic acids is 1. The first-order valence-electron chi connectivity index (χ1n) is 13.1. The van der Waals surface area contributed by atoms with Gasteiger partial charge < -0.3 is 26.2 Å². The third kappa shape index (κ3) is 6.30. The number of rotatable bonds is 12. The lowest BCUT2D eigenvalue weighted by atomic mass is 9.88. The monoisotopic (exact) mass is 528 g/mol. The van der Waals surface area contributed by atoms with Gasteiger partial charge in [-0.25, -0.2) is 9.37 Å². The maximum absolute atomic E-state index is 15.5. The second-order valence-electron chi connectivity index (χ2n) is 9.73. The Morgan fingerprint density at radius 1 is 1.26 bits per heavy atom. The maximum atomic E-state index is 15.5. The van der Waals surface area contributed by atoms with E-state index < -0.39 is 0 Å². The Morgan fingerprint density at radius 2 is 2.03 bits per heavy atom. The summed E-state index contributed by atoms with van der Waals surface area (Å²) in [6.07, 6.45) is 5.25. The quantitative estimate of drug-likeness (QED) is 0.320. The van der Waals surface area contributed by atoms with E-state index in [4.69, 9.17) is 16.2 Å². The molecule has 0 saturated carbocycles. The number of nitrogen functional groups attached to an aromatic ring is 1. The van der Waals surface area contributed by atoms with Crippen LogP contribution >= 0.6 is 0 Å². The highest BCUT2D eigenvalue weighted by atomic mass is 19.1. The van der Waals surface area contributed by atoms with E-state index in [2.05, 4.69) is 22.0 Å². The first kappa shape index (κ1) is 27.5. The molecule has 3 aromatic rings. The van der Waals surface area contributed by atoms with Crippen molar-refractivity contribution in [2.45, 2.75) is 45.1 Å². The highest BCUT2D eigenvalue weighted by Gasteiger charge is 2.24. The molecule has 0 aliphatic carbocycles. The van der Waals surface area contributed by atoms with Crippen molar-refractivity contribution in [3.63, 3.8) is 0 Å². The Labute approximate surface area is 221 Å². The number of amides is 1. The predicted octanol–water partition coefficient (Wildman–Crippen LogP) is 1.87. The molecule has 11 nitrogen and oxygen atoms in total. The number of hydrogen-bond donors (Lipinski definition) is 3. The van der Waals surface area contributed by atoms with Crippen LogP contribution in [0, 0.1) is 5.82 Å². The van der Waals surface area contributed by atoms with E-state index in [-0.39, 0.29) is 43.3 Å². The molecule has 1 fully saturated rings. The Balaban J connectivity index is 1.59. The van der Waals surface area contributed by atoms with Gasteiger partial charge in [-0.05, 0) is 56.0 Å². The minimum atomic E-state index is -0.367. The topological polar surface area (TPSA) is 149 Å². The molecular formula is C26H37FN8O3. The van der Waals surface area contributed by atoms with Gasteiger partial charge in [0.05, 0.1) is 38.6 Å². The molecule has 1 aromatic carbocycles.